The Hall–Kier alpha value is -1.06. The van der Waals surface area contributed by atoms with Crippen LogP contribution < -0.4 is 5.32 Å². The van der Waals surface area contributed by atoms with Crippen molar-refractivity contribution in [1.82, 2.24) is 10.2 Å². The third-order valence-electron chi connectivity index (χ3n) is 3.42. The SMILES string of the molecule is C=CCN(Cc1cc(CNCC)c(C)o1)C1CC1. The molecule has 0 bridgehead atoms. The predicted octanol–water partition coefficient (Wildman–Crippen LogP) is 2.85. The maximum absolute atomic E-state index is 5.85. The molecule has 0 spiro atoms. The fourth-order valence-electron chi connectivity index (χ4n) is 2.25. The number of nitrogens with zero attached hydrogens (tertiary/aromatic N) is 1. The number of rotatable bonds is 8. The molecule has 0 amide bonds. The molecule has 0 unspecified atom stereocenters. The highest BCUT2D eigenvalue weighted by Gasteiger charge is 2.28. The van der Waals surface area contributed by atoms with Gasteiger partial charge in [-0.3, -0.25) is 4.90 Å². The molecule has 3 nitrogen and oxygen atoms in total. The molecule has 0 saturated heterocycles. The Morgan fingerprint density at radius 2 is 2.33 bits per heavy atom. The van der Waals surface area contributed by atoms with Crippen LogP contribution in [0.4, 0.5) is 0 Å². The van der Waals surface area contributed by atoms with Gasteiger partial charge in [-0.25, -0.2) is 0 Å². The van der Waals surface area contributed by atoms with Gasteiger partial charge in [0, 0.05) is 24.7 Å². The van der Waals surface area contributed by atoms with Crippen molar-refractivity contribution in [3.63, 3.8) is 0 Å². The Balaban J connectivity index is 1.97. The van der Waals surface area contributed by atoms with Crippen molar-refractivity contribution in [3.05, 3.63) is 35.8 Å². The van der Waals surface area contributed by atoms with Gasteiger partial charge in [-0.2, -0.15) is 0 Å². The summed E-state index contributed by atoms with van der Waals surface area (Å²) in [6.07, 6.45) is 4.61. The maximum atomic E-state index is 5.85. The van der Waals surface area contributed by atoms with Crippen LogP contribution in [0, 0.1) is 6.92 Å². The van der Waals surface area contributed by atoms with E-state index >= 15 is 0 Å². The van der Waals surface area contributed by atoms with Crippen LogP contribution in [0.15, 0.2) is 23.1 Å². The molecule has 1 aliphatic rings. The molecule has 1 fully saturated rings. The van der Waals surface area contributed by atoms with Crippen molar-refractivity contribution in [1.29, 1.82) is 0 Å². The van der Waals surface area contributed by atoms with E-state index in [4.69, 9.17) is 4.42 Å². The summed E-state index contributed by atoms with van der Waals surface area (Å²) in [5.41, 5.74) is 1.28. The second-order valence-corrected chi connectivity index (χ2v) is 5.02. The van der Waals surface area contributed by atoms with Gasteiger partial charge in [0.1, 0.15) is 11.5 Å². The number of furan rings is 1. The minimum absolute atomic E-state index is 0.741. The molecule has 1 N–H and O–H groups in total. The van der Waals surface area contributed by atoms with E-state index in [-0.39, 0.29) is 0 Å². The molecule has 1 heterocycles. The lowest BCUT2D eigenvalue weighted by Crippen LogP contribution is -2.25. The molecular formula is C15H24N2O. The first kappa shape index (κ1) is 13.4. The Morgan fingerprint density at radius 3 is 2.94 bits per heavy atom. The van der Waals surface area contributed by atoms with Gasteiger partial charge >= 0.3 is 0 Å². The molecule has 0 atom stereocenters. The van der Waals surface area contributed by atoms with E-state index in [1.54, 1.807) is 0 Å². The third-order valence-corrected chi connectivity index (χ3v) is 3.42. The molecule has 2 rings (SSSR count). The first-order valence-electron chi connectivity index (χ1n) is 6.88. The molecule has 0 aromatic carbocycles. The van der Waals surface area contributed by atoms with Crippen LogP contribution >= 0.6 is 0 Å². The Bertz CT molecular complexity index is 393. The predicted molar refractivity (Wildman–Crippen MR) is 74.5 cm³/mol. The van der Waals surface area contributed by atoms with Crippen molar-refractivity contribution in [2.75, 3.05) is 13.1 Å². The van der Waals surface area contributed by atoms with Crippen LogP contribution in [0.2, 0.25) is 0 Å². The largest absolute Gasteiger partial charge is 0.465 e. The molecule has 1 saturated carbocycles. The van der Waals surface area contributed by atoms with Crippen molar-refractivity contribution in [2.24, 2.45) is 0 Å². The molecule has 1 aromatic heterocycles. The van der Waals surface area contributed by atoms with Gasteiger partial charge in [0.05, 0.1) is 6.54 Å². The number of nitrogens with one attached hydrogen (secondary N) is 1. The standard InChI is InChI=1S/C15H24N2O/c1-4-8-17(14-6-7-14)11-15-9-13(10-16-5-2)12(3)18-15/h4,9,14,16H,1,5-8,10-11H2,2-3H3. The zero-order valence-electron chi connectivity index (χ0n) is 11.5. The lowest BCUT2D eigenvalue weighted by Gasteiger charge is -2.18. The molecule has 0 radical (unpaired) electrons. The van der Waals surface area contributed by atoms with Crippen LogP contribution in [0.25, 0.3) is 0 Å². The summed E-state index contributed by atoms with van der Waals surface area (Å²) in [6, 6.07) is 2.93. The molecule has 18 heavy (non-hydrogen) atoms. The number of hydrogen-bond acceptors (Lipinski definition) is 3. The minimum atomic E-state index is 0.741. The highest BCUT2D eigenvalue weighted by Crippen LogP contribution is 2.28. The van der Waals surface area contributed by atoms with E-state index in [1.807, 2.05) is 13.0 Å². The van der Waals surface area contributed by atoms with Crippen molar-refractivity contribution >= 4 is 0 Å². The lowest BCUT2D eigenvalue weighted by molar-refractivity contribution is 0.256. The first-order chi connectivity index (χ1) is 8.74. The highest BCUT2D eigenvalue weighted by molar-refractivity contribution is 5.21. The van der Waals surface area contributed by atoms with Gasteiger partial charge in [-0.1, -0.05) is 13.0 Å². The smallest absolute Gasteiger partial charge is 0.118 e. The normalized spacial score (nSPS) is 15.3. The molecule has 0 aliphatic heterocycles. The molecular weight excluding hydrogens is 224 g/mol. The van der Waals surface area contributed by atoms with Gasteiger partial charge in [0.25, 0.3) is 0 Å². The Morgan fingerprint density at radius 1 is 1.56 bits per heavy atom. The summed E-state index contributed by atoms with van der Waals surface area (Å²) in [5.74, 6) is 2.12. The monoisotopic (exact) mass is 248 g/mol. The Kier molecular flexibility index (Phi) is 4.61. The van der Waals surface area contributed by atoms with Gasteiger partial charge in [0.2, 0.25) is 0 Å². The summed E-state index contributed by atoms with van der Waals surface area (Å²) >= 11 is 0. The van der Waals surface area contributed by atoms with E-state index in [9.17, 15) is 0 Å². The average molecular weight is 248 g/mol. The van der Waals surface area contributed by atoms with Crippen LogP contribution in [0.1, 0.15) is 36.8 Å². The van der Waals surface area contributed by atoms with Crippen molar-refractivity contribution < 1.29 is 4.42 Å². The van der Waals surface area contributed by atoms with E-state index in [2.05, 4.69) is 29.8 Å². The van der Waals surface area contributed by atoms with Crippen LogP contribution in [0.3, 0.4) is 0 Å². The van der Waals surface area contributed by atoms with Gasteiger partial charge in [0.15, 0.2) is 0 Å². The summed E-state index contributed by atoms with van der Waals surface area (Å²) in [7, 11) is 0. The highest BCUT2D eigenvalue weighted by atomic mass is 16.3. The van der Waals surface area contributed by atoms with E-state index in [1.165, 1.54) is 18.4 Å². The second kappa shape index (κ2) is 6.21. The summed E-state index contributed by atoms with van der Waals surface area (Å²) in [4.78, 5) is 2.45. The third kappa shape index (κ3) is 3.47. The van der Waals surface area contributed by atoms with Gasteiger partial charge in [-0.15, -0.1) is 6.58 Å². The lowest BCUT2D eigenvalue weighted by atomic mass is 10.2. The minimum Gasteiger partial charge on any atom is -0.465 e. The Labute approximate surface area is 110 Å². The fraction of sp³-hybridized carbons (Fsp3) is 0.600. The topological polar surface area (TPSA) is 28.4 Å². The van der Waals surface area contributed by atoms with E-state index in [0.29, 0.717) is 0 Å². The zero-order valence-corrected chi connectivity index (χ0v) is 11.5. The molecule has 100 valence electrons. The van der Waals surface area contributed by atoms with Crippen LogP contribution in [0.5, 0.6) is 0 Å². The van der Waals surface area contributed by atoms with Crippen LogP contribution in [-0.4, -0.2) is 24.0 Å². The number of aryl methyl sites for hydroxylation is 1. The molecule has 3 heteroatoms. The quantitative estimate of drug-likeness (QED) is 0.717. The zero-order chi connectivity index (χ0) is 13.0. The summed E-state index contributed by atoms with van der Waals surface area (Å²) in [6.45, 7) is 11.7. The fourth-order valence-corrected chi connectivity index (χ4v) is 2.25. The first-order valence-corrected chi connectivity index (χ1v) is 6.88. The number of hydrogen-bond donors (Lipinski definition) is 1. The maximum Gasteiger partial charge on any atom is 0.118 e. The van der Waals surface area contributed by atoms with Crippen molar-refractivity contribution in [3.8, 4) is 0 Å². The molecule has 1 aromatic rings. The van der Waals surface area contributed by atoms with Crippen molar-refractivity contribution in [2.45, 2.75) is 45.8 Å². The van der Waals surface area contributed by atoms with E-state index < -0.39 is 0 Å². The molecule has 1 aliphatic carbocycles. The second-order valence-electron chi connectivity index (χ2n) is 5.02. The van der Waals surface area contributed by atoms with Gasteiger partial charge < -0.3 is 9.73 Å². The summed E-state index contributed by atoms with van der Waals surface area (Å²) < 4.78 is 5.85. The van der Waals surface area contributed by atoms with Gasteiger partial charge in [-0.05, 0) is 32.4 Å². The average Bonchev–Trinajstić information content (AvgIpc) is 3.12. The van der Waals surface area contributed by atoms with E-state index in [0.717, 1.165) is 43.7 Å². The van der Waals surface area contributed by atoms with Crippen LogP contribution in [-0.2, 0) is 13.1 Å². The summed E-state index contributed by atoms with van der Waals surface area (Å²) in [5, 5.41) is 3.34.